The predicted molar refractivity (Wildman–Crippen MR) is 105 cm³/mol. The first-order valence-electron chi connectivity index (χ1n) is 7.98. The molecule has 4 aromatic rings. The van der Waals surface area contributed by atoms with Crippen LogP contribution < -0.4 is 0 Å². The normalized spacial score (nSPS) is 10.8. The van der Waals surface area contributed by atoms with Crippen molar-refractivity contribution in [3.8, 4) is 22.5 Å². The summed E-state index contributed by atoms with van der Waals surface area (Å²) in [5.41, 5.74) is 4.78. The third-order valence-electron chi connectivity index (χ3n) is 4.08. The van der Waals surface area contributed by atoms with E-state index in [-0.39, 0.29) is 5.56 Å². The van der Waals surface area contributed by atoms with E-state index in [1.54, 1.807) is 18.2 Å². The molecule has 0 aliphatic heterocycles. The van der Waals surface area contributed by atoms with Gasteiger partial charge in [-0.05, 0) is 30.3 Å². The van der Waals surface area contributed by atoms with E-state index >= 15 is 0 Å². The first kappa shape index (κ1) is 16.4. The standard InChI is InChI=1S/C21H13BrN2O2/c22-16-9-6-14(7-10-16)20-19(13-4-2-1-3-5-13)24-18-12-15(21(25)26)8-11-17(18)23-20/h1-12H,(H,25,26). The minimum Gasteiger partial charge on any atom is -0.478 e. The van der Waals surface area contributed by atoms with E-state index < -0.39 is 5.97 Å². The number of fused-ring (bicyclic) bond motifs is 1. The second-order valence-electron chi connectivity index (χ2n) is 5.80. The van der Waals surface area contributed by atoms with Gasteiger partial charge in [0.15, 0.2) is 0 Å². The molecule has 4 rings (SSSR count). The van der Waals surface area contributed by atoms with Gasteiger partial charge in [0.05, 0.1) is 28.0 Å². The fourth-order valence-electron chi connectivity index (χ4n) is 2.79. The van der Waals surface area contributed by atoms with Crippen LogP contribution in [0.5, 0.6) is 0 Å². The van der Waals surface area contributed by atoms with E-state index in [1.807, 2.05) is 54.6 Å². The maximum Gasteiger partial charge on any atom is 0.335 e. The van der Waals surface area contributed by atoms with Crippen LogP contribution in [0.1, 0.15) is 10.4 Å². The molecule has 4 nitrogen and oxygen atoms in total. The average Bonchev–Trinajstić information content (AvgIpc) is 2.68. The largest absolute Gasteiger partial charge is 0.478 e. The topological polar surface area (TPSA) is 63.1 Å². The number of carboxylic acids is 1. The number of rotatable bonds is 3. The Labute approximate surface area is 158 Å². The number of aromatic carboxylic acids is 1. The van der Waals surface area contributed by atoms with Crippen molar-refractivity contribution in [2.75, 3.05) is 0 Å². The number of benzene rings is 3. The summed E-state index contributed by atoms with van der Waals surface area (Å²) < 4.78 is 0.988. The lowest BCUT2D eigenvalue weighted by Gasteiger charge is -2.11. The second kappa shape index (κ2) is 6.69. The van der Waals surface area contributed by atoms with Gasteiger partial charge in [-0.15, -0.1) is 0 Å². The highest BCUT2D eigenvalue weighted by Crippen LogP contribution is 2.31. The molecule has 0 amide bonds. The first-order chi connectivity index (χ1) is 12.6. The fraction of sp³-hybridized carbons (Fsp3) is 0. The summed E-state index contributed by atoms with van der Waals surface area (Å²) in [4.78, 5) is 20.8. The highest BCUT2D eigenvalue weighted by atomic mass is 79.9. The minimum absolute atomic E-state index is 0.196. The maximum atomic E-state index is 11.3. The van der Waals surface area contributed by atoms with E-state index in [0.717, 1.165) is 27.0 Å². The zero-order valence-corrected chi connectivity index (χ0v) is 15.1. The Bertz CT molecular complexity index is 1110. The Morgan fingerprint density at radius 3 is 2.04 bits per heavy atom. The van der Waals surface area contributed by atoms with Crippen molar-refractivity contribution < 1.29 is 9.90 Å². The Morgan fingerprint density at radius 1 is 0.769 bits per heavy atom. The molecular weight excluding hydrogens is 392 g/mol. The van der Waals surface area contributed by atoms with Gasteiger partial charge in [0.25, 0.3) is 0 Å². The quantitative estimate of drug-likeness (QED) is 0.494. The van der Waals surface area contributed by atoms with Gasteiger partial charge in [-0.2, -0.15) is 0 Å². The van der Waals surface area contributed by atoms with E-state index in [2.05, 4.69) is 15.9 Å². The lowest BCUT2D eigenvalue weighted by molar-refractivity contribution is 0.0697. The molecule has 26 heavy (non-hydrogen) atoms. The summed E-state index contributed by atoms with van der Waals surface area (Å²) in [6.07, 6.45) is 0. The second-order valence-corrected chi connectivity index (χ2v) is 6.72. The van der Waals surface area contributed by atoms with Gasteiger partial charge < -0.3 is 5.11 Å². The highest BCUT2D eigenvalue weighted by Gasteiger charge is 2.14. The molecule has 126 valence electrons. The van der Waals surface area contributed by atoms with Crippen LogP contribution in [0.3, 0.4) is 0 Å². The van der Waals surface area contributed by atoms with Crippen LogP contribution in [0.15, 0.2) is 77.3 Å². The summed E-state index contributed by atoms with van der Waals surface area (Å²) in [5, 5.41) is 9.24. The van der Waals surface area contributed by atoms with Gasteiger partial charge in [-0.1, -0.05) is 58.4 Å². The van der Waals surface area contributed by atoms with Crippen molar-refractivity contribution in [2.45, 2.75) is 0 Å². The lowest BCUT2D eigenvalue weighted by atomic mass is 10.0. The molecule has 5 heteroatoms. The Kier molecular flexibility index (Phi) is 4.22. The summed E-state index contributed by atoms with van der Waals surface area (Å²) in [7, 11) is 0. The number of carbonyl (C=O) groups is 1. The molecule has 0 radical (unpaired) electrons. The predicted octanol–water partition coefficient (Wildman–Crippen LogP) is 5.42. The molecule has 0 spiro atoms. The monoisotopic (exact) mass is 404 g/mol. The van der Waals surface area contributed by atoms with Crippen molar-refractivity contribution in [3.63, 3.8) is 0 Å². The molecule has 0 unspecified atom stereocenters. The Balaban J connectivity index is 2.00. The molecule has 1 N–H and O–H groups in total. The average molecular weight is 405 g/mol. The third kappa shape index (κ3) is 3.09. The third-order valence-corrected chi connectivity index (χ3v) is 4.60. The van der Waals surface area contributed by atoms with Gasteiger partial charge in [-0.25, -0.2) is 14.8 Å². The molecule has 0 bridgehead atoms. The van der Waals surface area contributed by atoms with Gasteiger partial charge in [0.2, 0.25) is 0 Å². The van der Waals surface area contributed by atoms with Crippen LogP contribution in [0.25, 0.3) is 33.5 Å². The van der Waals surface area contributed by atoms with Crippen LogP contribution >= 0.6 is 15.9 Å². The molecule has 3 aromatic carbocycles. The fourth-order valence-corrected chi connectivity index (χ4v) is 3.06. The van der Waals surface area contributed by atoms with Gasteiger partial charge in [0.1, 0.15) is 0 Å². The molecule has 0 saturated carbocycles. The molecule has 0 atom stereocenters. The van der Waals surface area contributed by atoms with Crippen molar-refractivity contribution >= 4 is 32.9 Å². The van der Waals surface area contributed by atoms with E-state index in [9.17, 15) is 9.90 Å². The zero-order chi connectivity index (χ0) is 18.1. The first-order valence-corrected chi connectivity index (χ1v) is 8.77. The summed E-state index contributed by atoms with van der Waals surface area (Å²) >= 11 is 3.45. The molecule has 0 aliphatic carbocycles. The van der Waals surface area contributed by atoms with E-state index in [0.29, 0.717) is 11.0 Å². The highest BCUT2D eigenvalue weighted by molar-refractivity contribution is 9.10. The molecule has 1 heterocycles. The van der Waals surface area contributed by atoms with E-state index in [4.69, 9.17) is 9.97 Å². The summed E-state index contributed by atoms with van der Waals surface area (Å²) in [6.45, 7) is 0. The van der Waals surface area contributed by atoms with Crippen molar-refractivity contribution in [3.05, 3.63) is 82.8 Å². The van der Waals surface area contributed by atoms with Gasteiger partial charge in [-0.3, -0.25) is 0 Å². The van der Waals surface area contributed by atoms with Crippen LogP contribution in [0.4, 0.5) is 0 Å². The minimum atomic E-state index is -0.980. The number of halogens is 1. The zero-order valence-electron chi connectivity index (χ0n) is 13.6. The smallest absolute Gasteiger partial charge is 0.335 e. The van der Waals surface area contributed by atoms with E-state index in [1.165, 1.54) is 0 Å². The SMILES string of the molecule is O=C(O)c1ccc2nc(-c3ccc(Br)cc3)c(-c3ccccc3)nc2c1. The van der Waals surface area contributed by atoms with Gasteiger partial charge >= 0.3 is 5.97 Å². The lowest BCUT2D eigenvalue weighted by Crippen LogP contribution is -1.99. The van der Waals surface area contributed by atoms with Crippen molar-refractivity contribution in [1.29, 1.82) is 0 Å². The summed E-state index contributed by atoms with van der Waals surface area (Å²) in [5.74, 6) is -0.980. The Morgan fingerprint density at radius 2 is 1.38 bits per heavy atom. The summed E-state index contributed by atoms with van der Waals surface area (Å²) in [6, 6.07) is 22.5. The van der Waals surface area contributed by atoms with Crippen LogP contribution in [0, 0.1) is 0 Å². The number of hydrogen-bond acceptors (Lipinski definition) is 3. The number of carboxylic acid groups (broad SMARTS) is 1. The molecule has 1 aromatic heterocycles. The van der Waals surface area contributed by atoms with Crippen LogP contribution in [-0.4, -0.2) is 21.0 Å². The number of nitrogens with zero attached hydrogens (tertiary/aromatic N) is 2. The maximum absolute atomic E-state index is 11.3. The van der Waals surface area contributed by atoms with Crippen LogP contribution in [-0.2, 0) is 0 Å². The molecule has 0 aliphatic rings. The van der Waals surface area contributed by atoms with Crippen molar-refractivity contribution in [2.24, 2.45) is 0 Å². The Hall–Kier alpha value is -3.05. The van der Waals surface area contributed by atoms with Gasteiger partial charge in [0, 0.05) is 15.6 Å². The number of aromatic nitrogens is 2. The molecular formula is C21H13BrN2O2. The van der Waals surface area contributed by atoms with Crippen molar-refractivity contribution in [1.82, 2.24) is 9.97 Å². The molecule has 0 fully saturated rings. The molecule has 0 saturated heterocycles. The number of hydrogen-bond donors (Lipinski definition) is 1. The van der Waals surface area contributed by atoms with Crippen LogP contribution in [0.2, 0.25) is 0 Å².